The van der Waals surface area contributed by atoms with Crippen molar-refractivity contribution in [2.24, 2.45) is 11.8 Å². The van der Waals surface area contributed by atoms with Gasteiger partial charge >= 0.3 is 23.9 Å². The van der Waals surface area contributed by atoms with E-state index >= 15 is 0 Å². The van der Waals surface area contributed by atoms with Crippen LogP contribution in [0.2, 0.25) is 0 Å². The highest BCUT2D eigenvalue weighted by Crippen LogP contribution is 2.40. The van der Waals surface area contributed by atoms with E-state index in [9.17, 15) is 60.0 Å². The lowest BCUT2D eigenvalue weighted by molar-refractivity contribution is -0.400. The second kappa shape index (κ2) is 35.7. The molecule has 8 N–H and O–H groups in total. The van der Waals surface area contributed by atoms with Gasteiger partial charge in [-0.3, -0.25) is 14.4 Å². The molecule has 6 aliphatic rings. The maximum atomic E-state index is 14.3. The lowest BCUT2D eigenvalue weighted by Crippen LogP contribution is -2.68. The van der Waals surface area contributed by atoms with Gasteiger partial charge in [0.25, 0.3) is 0 Å². The first kappa shape index (κ1) is 74.5. The van der Waals surface area contributed by atoms with E-state index in [2.05, 4.69) is 6.92 Å². The van der Waals surface area contributed by atoms with Gasteiger partial charge < -0.3 is 107 Å². The average Bonchev–Trinajstić information content (AvgIpc) is 0.799. The minimum atomic E-state index is -2.06. The van der Waals surface area contributed by atoms with Crippen molar-refractivity contribution >= 4 is 30.0 Å². The minimum Gasteiger partial charge on any atom is -0.455 e. The third-order valence-electron chi connectivity index (χ3n) is 18.2. The van der Waals surface area contributed by atoms with Crippen LogP contribution in [0.15, 0.2) is 36.4 Å². The van der Waals surface area contributed by atoms with Gasteiger partial charge in [0.1, 0.15) is 73.2 Å². The Balaban J connectivity index is 1.25. The van der Waals surface area contributed by atoms with Crippen molar-refractivity contribution < 1.29 is 126 Å². The molecule has 7 rings (SSSR count). The highest BCUT2D eigenvalue weighted by atomic mass is 16.8. The van der Waals surface area contributed by atoms with E-state index in [4.69, 9.17) is 66.3 Å². The Kier molecular flexibility index (Phi) is 29.3. The molecule has 91 heavy (non-hydrogen) atoms. The molecule has 26 nitrogen and oxygen atoms in total. The zero-order valence-corrected chi connectivity index (χ0v) is 53.9. The molecule has 0 saturated carbocycles. The normalized spacial score (nSPS) is 40.6. The molecule has 0 bridgehead atoms. The van der Waals surface area contributed by atoms with Gasteiger partial charge in [-0.15, -0.1) is 0 Å². The van der Waals surface area contributed by atoms with Gasteiger partial charge in [0, 0.05) is 12.5 Å². The first-order valence-electron chi connectivity index (χ1n) is 33.0. The lowest BCUT2D eigenvalue weighted by atomic mass is 9.95. The van der Waals surface area contributed by atoms with Gasteiger partial charge in [-0.1, -0.05) is 123 Å². The summed E-state index contributed by atoms with van der Waals surface area (Å²) in [5.74, 6) is -4.61. The van der Waals surface area contributed by atoms with E-state index in [0.29, 0.717) is 31.2 Å². The zero-order chi connectivity index (χ0) is 66.2. The van der Waals surface area contributed by atoms with E-state index in [0.717, 1.165) is 63.9 Å². The standard InChI is InChI=1S/C65H102O26/c1-10-13-20-27-40-28-23-17-15-14-16-18-24-29-42(67)85-56-49(74)51(36(7)80-64(56)90-55-47(72)44(69)35(6)78-63(55)82-40)88-65-58(87-60(77)34(5)12-3)57(91-61-48(73)46(71)45(70)41(32-66)83-61)53(38(9)81-65)89-62-50(75)54(52(37(8)79-62)86-59(76)33(4)11-2)84-43(68)31-30-39-25-21-19-22-26-39/h19,21-22,25-26,30-31,33-38,40-41,44-58,61-66,69-75H,10-18,20,23-24,27-29,32H2,1-9H3/t33-,34-,35+,36-,37-,38-,40-,41+,44-,45+,46-,47-,48+,49+,50+,51-,52-,53-,54-,55+,56+,57+,58+,61-,62-,63-,64-,65-/m0/s1. The number of unbranched alkanes of at least 4 members (excludes halogenated alkanes) is 2. The van der Waals surface area contributed by atoms with Gasteiger partial charge in [0.2, 0.25) is 0 Å². The predicted molar refractivity (Wildman–Crippen MR) is 319 cm³/mol. The van der Waals surface area contributed by atoms with Crippen molar-refractivity contribution in [2.45, 2.75) is 318 Å². The summed E-state index contributed by atoms with van der Waals surface area (Å²) in [5.41, 5.74) is 0.648. The number of benzene rings is 1. The Morgan fingerprint density at radius 3 is 1.77 bits per heavy atom. The summed E-state index contributed by atoms with van der Waals surface area (Å²) in [6.07, 6.45) is -27.8. The van der Waals surface area contributed by atoms with Crippen LogP contribution in [-0.4, -0.2) is 231 Å². The van der Waals surface area contributed by atoms with Crippen LogP contribution in [-0.2, 0) is 85.5 Å². The van der Waals surface area contributed by atoms with Crippen molar-refractivity contribution in [3.8, 4) is 0 Å². The quantitative estimate of drug-likeness (QED) is 0.0399. The Bertz CT molecular complexity index is 2400. The summed E-state index contributed by atoms with van der Waals surface area (Å²) >= 11 is 0. The average molecular weight is 1300 g/mol. The SMILES string of the molecule is CCCCC[C@H]1CCCCCCCCCC(=O)O[C@H]2[C@H](O[C@H]3[C@H](O1)O[C@H](C)[C@H](O)[C@@H]3O)O[C@@H](C)[C@H](O[C@@H]1O[C@@H](C)[C@H](O[C@@H]3O[C@@H](C)[C@H](OC(=O)[C@@H](C)CC)[C@@H](OC(=O)C=Cc4ccccc4)[C@H]3O)[C@@H](O[C@@H]3O[C@H](CO)[C@@H](O)[C@H](O)[C@H]3O)[C@H]1OC(=O)[C@@H](C)CC)[C@H]2O. The van der Waals surface area contributed by atoms with Crippen LogP contribution in [0.25, 0.3) is 6.08 Å². The molecule has 0 aromatic heterocycles. The second-order valence-corrected chi connectivity index (χ2v) is 25.2. The van der Waals surface area contributed by atoms with E-state index < -0.39 is 196 Å². The Morgan fingerprint density at radius 2 is 1.11 bits per heavy atom. The summed E-state index contributed by atoms with van der Waals surface area (Å²) in [5, 5.41) is 91.8. The van der Waals surface area contributed by atoms with Crippen molar-refractivity contribution in [3.05, 3.63) is 42.0 Å². The zero-order valence-electron chi connectivity index (χ0n) is 53.9. The molecule has 1 aromatic carbocycles. The molecule has 0 radical (unpaired) electrons. The number of fused-ring (bicyclic) bond motifs is 2. The molecular weight excluding hydrogens is 1200 g/mol. The number of aliphatic hydroxyl groups excluding tert-OH is 8. The molecule has 6 fully saturated rings. The summed E-state index contributed by atoms with van der Waals surface area (Å²) in [7, 11) is 0. The molecule has 518 valence electrons. The summed E-state index contributed by atoms with van der Waals surface area (Å²) in [4.78, 5) is 55.2. The van der Waals surface area contributed by atoms with Crippen LogP contribution in [0, 0.1) is 11.8 Å². The molecule has 0 aliphatic carbocycles. The second-order valence-electron chi connectivity index (χ2n) is 25.2. The Morgan fingerprint density at radius 1 is 0.538 bits per heavy atom. The van der Waals surface area contributed by atoms with E-state index in [1.807, 2.05) is 0 Å². The predicted octanol–water partition coefficient (Wildman–Crippen LogP) is 3.69. The number of ether oxygens (including phenoxy) is 14. The molecule has 6 saturated heterocycles. The smallest absolute Gasteiger partial charge is 0.331 e. The van der Waals surface area contributed by atoms with Gasteiger partial charge in [0.15, 0.2) is 55.9 Å². The Hall–Kier alpha value is -3.88. The van der Waals surface area contributed by atoms with Gasteiger partial charge in [-0.2, -0.15) is 0 Å². The minimum absolute atomic E-state index is 0.0562. The van der Waals surface area contributed by atoms with E-state index in [1.54, 1.807) is 65.0 Å². The number of aliphatic hydroxyl groups is 8. The topological polar surface area (TPSA) is 359 Å². The van der Waals surface area contributed by atoms with Crippen LogP contribution < -0.4 is 0 Å². The highest BCUT2D eigenvalue weighted by molar-refractivity contribution is 5.87. The largest absolute Gasteiger partial charge is 0.455 e. The van der Waals surface area contributed by atoms with Crippen LogP contribution in [0.1, 0.15) is 164 Å². The third kappa shape index (κ3) is 19.6. The molecule has 6 aliphatic heterocycles. The highest BCUT2D eigenvalue weighted by Gasteiger charge is 2.59. The van der Waals surface area contributed by atoms with Crippen LogP contribution >= 0.6 is 0 Å². The maximum Gasteiger partial charge on any atom is 0.331 e. The van der Waals surface area contributed by atoms with Crippen molar-refractivity contribution in [2.75, 3.05) is 6.61 Å². The molecule has 6 heterocycles. The summed E-state index contributed by atoms with van der Waals surface area (Å²) in [6.45, 7) is 14.0. The molecule has 1 aromatic rings. The van der Waals surface area contributed by atoms with Crippen LogP contribution in [0.3, 0.4) is 0 Å². The third-order valence-corrected chi connectivity index (χ3v) is 18.2. The number of rotatable bonds is 20. The molecule has 26 heteroatoms. The van der Waals surface area contributed by atoms with Crippen LogP contribution in [0.5, 0.6) is 0 Å². The number of carbonyl (C=O) groups excluding carboxylic acids is 4. The van der Waals surface area contributed by atoms with Crippen molar-refractivity contribution in [1.29, 1.82) is 0 Å². The fraction of sp³-hybridized carbons (Fsp3) is 0.815. The molecule has 28 atom stereocenters. The Labute approximate surface area is 533 Å². The number of hydrogen-bond donors (Lipinski definition) is 8. The maximum absolute atomic E-state index is 14.3. The lowest BCUT2D eigenvalue weighted by Gasteiger charge is -2.51. The number of carbonyl (C=O) groups is 4. The van der Waals surface area contributed by atoms with Crippen molar-refractivity contribution in [3.63, 3.8) is 0 Å². The molecular formula is C65H102O26. The number of hydrogen-bond acceptors (Lipinski definition) is 26. The van der Waals surface area contributed by atoms with Gasteiger partial charge in [-0.25, -0.2) is 4.79 Å². The van der Waals surface area contributed by atoms with Crippen LogP contribution in [0.4, 0.5) is 0 Å². The fourth-order valence-corrected chi connectivity index (χ4v) is 12.0. The fourth-order valence-electron chi connectivity index (χ4n) is 12.0. The van der Waals surface area contributed by atoms with Gasteiger partial charge in [0.05, 0.1) is 49.0 Å². The first-order chi connectivity index (χ1) is 43.5. The monoisotopic (exact) mass is 1300 g/mol. The summed E-state index contributed by atoms with van der Waals surface area (Å²) < 4.78 is 88.6. The number of esters is 4. The van der Waals surface area contributed by atoms with Crippen molar-refractivity contribution in [1.82, 2.24) is 0 Å². The molecule has 0 spiro atoms. The van der Waals surface area contributed by atoms with E-state index in [-0.39, 0.29) is 18.9 Å². The summed E-state index contributed by atoms with van der Waals surface area (Å²) in [6, 6.07) is 8.81. The molecule has 0 unspecified atom stereocenters. The van der Waals surface area contributed by atoms with Gasteiger partial charge in [-0.05, 0) is 71.4 Å². The van der Waals surface area contributed by atoms with E-state index in [1.165, 1.54) is 26.8 Å². The first-order valence-corrected chi connectivity index (χ1v) is 33.0. The molecule has 0 amide bonds.